The molecule has 0 aliphatic carbocycles. The smallest absolute Gasteiger partial charge is 0.352 e. The molecule has 0 aliphatic heterocycles. The van der Waals surface area contributed by atoms with Crippen molar-refractivity contribution in [3.63, 3.8) is 0 Å². The highest BCUT2D eigenvalue weighted by Crippen LogP contribution is 2.22. The van der Waals surface area contributed by atoms with Gasteiger partial charge in [-0.25, -0.2) is 9.78 Å². The monoisotopic (exact) mass is 351 g/mol. The fourth-order valence-corrected chi connectivity index (χ4v) is 2.92. The molecular formula is C20H21N3O3. The van der Waals surface area contributed by atoms with Gasteiger partial charge in [0.05, 0.1) is 0 Å². The first kappa shape index (κ1) is 17.8. The molecule has 0 radical (unpaired) electrons. The third-order valence-corrected chi connectivity index (χ3v) is 4.32. The number of nitrogens with zero attached hydrogens (tertiary/aromatic N) is 1. The van der Waals surface area contributed by atoms with E-state index in [0.717, 1.165) is 22.2 Å². The molecule has 6 nitrogen and oxygen atoms in total. The van der Waals surface area contributed by atoms with Crippen LogP contribution in [0.4, 0.5) is 0 Å². The number of hydrogen-bond donors (Lipinski definition) is 3. The van der Waals surface area contributed by atoms with Crippen LogP contribution < -0.4 is 0 Å². The summed E-state index contributed by atoms with van der Waals surface area (Å²) in [6.45, 7) is 0.0323. The van der Waals surface area contributed by atoms with Crippen LogP contribution in [-0.2, 0) is 22.6 Å². The summed E-state index contributed by atoms with van der Waals surface area (Å²) in [4.78, 5) is 19.6. The number of fused-ring (bicyclic) bond motifs is 1. The van der Waals surface area contributed by atoms with Crippen molar-refractivity contribution < 1.29 is 14.6 Å². The molecular weight excluding hydrogens is 330 g/mol. The standard InChI is InChI=1S/C20H21N3O3/c21-18(20(25)26-13-14-5-2-1-3-6-14)15(8-10-24)11-16-12-23-19-17(16)7-4-9-22-19/h1-7,9,12,15,21,24H,8,10-11,13H2,(H,22,23). The highest BCUT2D eigenvalue weighted by molar-refractivity contribution is 6.35. The van der Waals surface area contributed by atoms with Gasteiger partial charge >= 0.3 is 5.97 Å². The Morgan fingerprint density at radius 3 is 2.81 bits per heavy atom. The molecule has 2 aromatic heterocycles. The second kappa shape index (κ2) is 8.40. The molecule has 0 fully saturated rings. The molecule has 0 saturated carbocycles. The minimum Gasteiger partial charge on any atom is -0.456 e. The van der Waals surface area contributed by atoms with E-state index in [1.807, 2.05) is 48.7 Å². The Hall–Kier alpha value is -2.99. The molecule has 0 spiro atoms. The molecule has 0 saturated heterocycles. The van der Waals surface area contributed by atoms with Crippen LogP contribution in [0.15, 0.2) is 54.9 Å². The number of pyridine rings is 1. The number of aromatic nitrogens is 2. The number of aromatic amines is 1. The molecule has 1 atom stereocenters. The summed E-state index contributed by atoms with van der Waals surface area (Å²) in [5, 5.41) is 18.5. The molecule has 2 heterocycles. The van der Waals surface area contributed by atoms with Crippen LogP contribution in [-0.4, -0.2) is 33.4 Å². The Labute approximate surface area is 151 Å². The van der Waals surface area contributed by atoms with Crippen molar-refractivity contribution >= 4 is 22.7 Å². The van der Waals surface area contributed by atoms with E-state index in [-0.39, 0.29) is 18.9 Å². The summed E-state index contributed by atoms with van der Waals surface area (Å²) in [5.74, 6) is -1.06. The highest BCUT2D eigenvalue weighted by atomic mass is 16.5. The molecule has 26 heavy (non-hydrogen) atoms. The topological polar surface area (TPSA) is 99.1 Å². The zero-order valence-electron chi connectivity index (χ0n) is 14.3. The lowest BCUT2D eigenvalue weighted by atomic mass is 9.92. The second-order valence-corrected chi connectivity index (χ2v) is 6.10. The number of carbonyl (C=O) groups excluding carboxylic acids is 1. The molecule has 3 aromatic rings. The molecule has 1 unspecified atom stereocenters. The first-order valence-electron chi connectivity index (χ1n) is 8.50. The lowest BCUT2D eigenvalue weighted by molar-refractivity contribution is -0.137. The van der Waals surface area contributed by atoms with Gasteiger partial charge in [-0.15, -0.1) is 0 Å². The number of aliphatic hydroxyl groups is 1. The van der Waals surface area contributed by atoms with E-state index in [9.17, 15) is 9.90 Å². The Morgan fingerprint density at radius 2 is 2.04 bits per heavy atom. The van der Waals surface area contributed by atoms with Crippen molar-refractivity contribution in [1.29, 1.82) is 5.41 Å². The van der Waals surface area contributed by atoms with Crippen LogP contribution >= 0.6 is 0 Å². The number of esters is 1. The number of rotatable bonds is 8. The average Bonchev–Trinajstić information content (AvgIpc) is 3.09. The van der Waals surface area contributed by atoms with Crippen molar-refractivity contribution in [2.45, 2.75) is 19.4 Å². The fourth-order valence-electron chi connectivity index (χ4n) is 2.92. The SMILES string of the molecule is N=C(C(=O)OCc1ccccc1)C(CCO)Cc1c[nH]c2ncccc12. The summed E-state index contributed by atoms with van der Waals surface area (Å²) >= 11 is 0. The molecule has 0 aliphatic rings. The van der Waals surface area contributed by atoms with Crippen LogP contribution in [0.2, 0.25) is 0 Å². The van der Waals surface area contributed by atoms with Crippen molar-refractivity contribution in [1.82, 2.24) is 9.97 Å². The third kappa shape index (κ3) is 4.15. The second-order valence-electron chi connectivity index (χ2n) is 6.10. The number of nitrogens with one attached hydrogen (secondary N) is 2. The largest absolute Gasteiger partial charge is 0.456 e. The van der Waals surface area contributed by atoms with Gasteiger partial charge in [-0.05, 0) is 36.1 Å². The van der Waals surface area contributed by atoms with E-state index in [1.165, 1.54) is 0 Å². The van der Waals surface area contributed by atoms with Crippen LogP contribution in [0.3, 0.4) is 0 Å². The Morgan fingerprint density at radius 1 is 1.23 bits per heavy atom. The van der Waals surface area contributed by atoms with E-state index in [1.54, 1.807) is 6.20 Å². The van der Waals surface area contributed by atoms with Gasteiger partial charge in [0.25, 0.3) is 0 Å². The van der Waals surface area contributed by atoms with Gasteiger partial charge in [0.1, 0.15) is 18.0 Å². The number of ether oxygens (including phenoxy) is 1. The van der Waals surface area contributed by atoms with Crippen molar-refractivity contribution in [3.05, 3.63) is 66.0 Å². The quantitative estimate of drug-likeness (QED) is 0.429. The predicted molar refractivity (Wildman–Crippen MR) is 99.0 cm³/mol. The van der Waals surface area contributed by atoms with Crippen LogP contribution in [0, 0.1) is 11.3 Å². The summed E-state index contributed by atoms with van der Waals surface area (Å²) in [5.41, 5.74) is 2.49. The molecule has 6 heteroatoms. The first-order chi connectivity index (χ1) is 12.7. The van der Waals surface area contributed by atoms with Crippen LogP contribution in [0.25, 0.3) is 11.0 Å². The Bertz CT molecular complexity index is 889. The minimum absolute atomic E-state index is 0.0976. The number of H-pyrrole nitrogens is 1. The van der Waals surface area contributed by atoms with E-state index < -0.39 is 11.9 Å². The average molecular weight is 351 g/mol. The van der Waals surface area contributed by atoms with E-state index in [0.29, 0.717) is 12.8 Å². The lowest BCUT2D eigenvalue weighted by Gasteiger charge is -2.16. The van der Waals surface area contributed by atoms with E-state index in [4.69, 9.17) is 10.1 Å². The van der Waals surface area contributed by atoms with Gasteiger partial charge in [-0.3, -0.25) is 5.41 Å². The number of aliphatic hydroxyl groups excluding tert-OH is 1. The maximum atomic E-state index is 12.3. The van der Waals surface area contributed by atoms with Gasteiger partial charge in [0.15, 0.2) is 0 Å². The Kier molecular flexibility index (Phi) is 5.76. The van der Waals surface area contributed by atoms with Gasteiger partial charge in [-0.2, -0.15) is 0 Å². The zero-order valence-corrected chi connectivity index (χ0v) is 14.3. The van der Waals surface area contributed by atoms with Crippen LogP contribution in [0.1, 0.15) is 17.5 Å². The first-order valence-corrected chi connectivity index (χ1v) is 8.50. The van der Waals surface area contributed by atoms with Gasteiger partial charge in [-0.1, -0.05) is 30.3 Å². The summed E-state index contributed by atoms with van der Waals surface area (Å²) in [7, 11) is 0. The van der Waals surface area contributed by atoms with Crippen LogP contribution in [0.5, 0.6) is 0 Å². The molecule has 3 rings (SSSR count). The fraction of sp³-hybridized carbons (Fsp3) is 0.250. The molecule has 134 valence electrons. The molecule has 3 N–H and O–H groups in total. The normalized spacial score (nSPS) is 12.0. The van der Waals surface area contributed by atoms with E-state index >= 15 is 0 Å². The van der Waals surface area contributed by atoms with E-state index in [2.05, 4.69) is 9.97 Å². The maximum absolute atomic E-state index is 12.3. The van der Waals surface area contributed by atoms with Gasteiger partial charge in [0.2, 0.25) is 0 Å². The van der Waals surface area contributed by atoms with Crippen molar-refractivity contribution in [3.8, 4) is 0 Å². The van der Waals surface area contributed by atoms with Gasteiger partial charge < -0.3 is 14.8 Å². The number of benzene rings is 1. The highest BCUT2D eigenvalue weighted by Gasteiger charge is 2.24. The number of hydrogen-bond acceptors (Lipinski definition) is 5. The maximum Gasteiger partial charge on any atom is 0.352 e. The summed E-state index contributed by atoms with van der Waals surface area (Å²) in [6.07, 6.45) is 4.33. The zero-order chi connectivity index (χ0) is 18.4. The van der Waals surface area contributed by atoms with Gasteiger partial charge in [0, 0.05) is 30.3 Å². The number of carbonyl (C=O) groups is 1. The summed E-state index contributed by atoms with van der Waals surface area (Å²) < 4.78 is 5.26. The predicted octanol–water partition coefficient (Wildman–Crippen LogP) is 2.87. The molecule has 0 bridgehead atoms. The molecule has 1 aromatic carbocycles. The third-order valence-electron chi connectivity index (χ3n) is 4.32. The van der Waals surface area contributed by atoms with Crippen molar-refractivity contribution in [2.75, 3.05) is 6.61 Å². The van der Waals surface area contributed by atoms with Crippen molar-refractivity contribution in [2.24, 2.45) is 5.92 Å². The lowest BCUT2D eigenvalue weighted by Crippen LogP contribution is -2.27. The molecule has 0 amide bonds. The Balaban J connectivity index is 1.68. The minimum atomic E-state index is -0.648. The summed E-state index contributed by atoms with van der Waals surface area (Å²) in [6, 6.07) is 13.1.